The van der Waals surface area contributed by atoms with Crippen LogP contribution in [0.2, 0.25) is 0 Å². The number of hydrogen-bond donors (Lipinski definition) is 2. The van der Waals surface area contributed by atoms with E-state index in [0.29, 0.717) is 19.5 Å². The fourth-order valence-corrected chi connectivity index (χ4v) is 3.66. The number of carbonyl (C=O) groups excluding carboxylic acids is 2. The number of carbonyl (C=O) groups is 2. The number of alkyl halides is 2. The number of amides is 2. The Morgan fingerprint density at radius 2 is 1.93 bits per heavy atom. The van der Waals surface area contributed by atoms with Crippen LogP contribution < -0.4 is 10.6 Å². The van der Waals surface area contributed by atoms with Crippen LogP contribution >= 0.6 is 12.4 Å². The van der Waals surface area contributed by atoms with Crippen molar-refractivity contribution >= 4 is 24.2 Å². The minimum Gasteiger partial charge on any atom is -0.354 e. The smallest absolute Gasteiger partial charge is 0.349 e. The van der Waals surface area contributed by atoms with Crippen molar-refractivity contribution in [3.63, 3.8) is 0 Å². The number of nitrogens with zero attached hydrogens (tertiary/aromatic N) is 1. The molecule has 0 aromatic heterocycles. The Morgan fingerprint density at radius 1 is 1.19 bits per heavy atom. The van der Waals surface area contributed by atoms with Gasteiger partial charge in [-0.2, -0.15) is 8.78 Å². The van der Waals surface area contributed by atoms with Crippen molar-refractivity contribution < 1.29 is 18.4 Å². The zero-order chi connectivity index (χ0) is 18.6. The summed E-state index contributed by atoms with van der Waals surface area (Å²) in [5.41, 5.74) is -0.285. The fourth-order valence-electron chi connectivity index (χ4n) is 3.66. The molecular weight excluding hydrogens is 376 g/mol. The van der Waals surface area contributed by atoms with Crippen LogP contribution in [0.25, 0.3) is 0 Å². The van der Waals surface area contributed by atoms with Crippen molar-refractivity contribution in [2.45, 2.75) is 37.6 Å². The van der Waals surface area contributed by atoms with Gasteiger partial charge in [0.15, 0.2) is 0 Å². The lowest BCUT2D eigenvalue weighted by Crippen LogP contribution is -2.49. The van der Waals surface area contributed by atoms with Crippen LogP contribution in [0.1, 0.15) is 31.2 Å². The normalized spacial score (nSPS) is 22.8. The third-order valence-electron chi connectivity index (χ3n) is 5.15. The summed E-state index contributed by atoms with van der Waals surface area (Å²) < 4.78 is 29.0. The van der Waals surface area contributed by atoms with E-state index in [-0.39, 0.29) is 42.4 Å². The predicted molar refractivity (Wildman–Crippen MR) is 101 cm³/mol. The first-order valence-corrected chi connectivity index (χ1v) is 9.22. The maximum atomic E-state index is 14.5. The van der Waals surface area contributed by atoms with Crippen molar-refractivity contribution in [3.8, 4) is 0 Å². The third kappa shape index (κ3) is 5.17. The van der Waals surface area contributed by atoms with Gasteiger partial charge in [0, 0.05) is 25.2 Å². The summed E-state index contributed by atoms with van der Waals surface area (Å²) in [6.07, 6.45) is 3.29. The SMILES string of the molecule is Cl.O=C(NCC1CCCN(C(=O)C(F)(F)c2ccccc2)C1)C1CCCN1. The van der Waals surface area contributed by atoms with Crippen LogP contribution in [0.4, 0.5) is 8.78 Å². The standard InChI is InChI=1S/C19H25F2N3O2.ClH/c20-19(21,15-7-2-1-3-8-15)18(26)24-11-5-6-14(13-24)12-23-17(25)16-9-4-10-22-16;/h1-3,7-8,14,16,22H,4-6,9-13H2,(H,23,25);1H. The summed E-state index contributed by atoms with van der Waals surface area (Å²) in [6.45, 7) is 1.84. The minimum atomic E-state index is -3.53. The van der Waals surface area contributed by atoms with Gasteiger partial charge in [-0.15, -0.1) is 12.4 Å². The summed E-state index contributed by atoms with van der Waals surface area (Å²) in [5, 5.41) is 6.03. The molecule has 27 heavy (non-hydrogen) atoms. The Labute approximate surface area is 164 Å². The second kappa shape index (κ2) is 9.46. The lowest BCUT2D eigenvalue weighted by molar-refractivity contribution is -0.160. The number of nitrogens with one attached hydrogen (secondary N) is 2. The van der Waals surface area contributed by atoms with Crippen LogP contribution in [0.5, 0.6) is 0 Å². The Balaban J connectivity index is 0.00000261. The van der Waals surface area contributed by atoms with Crippen molar-refractivity contribution in [2.24, 2.45) is 5.92 Å². The largest absolute Gasteiger partial charge is 0.354 e. The van der Waals surface area contributed by atoms with Gasteiger partial charge in [-0.05, 0) is 38.1 Å². The molecule has 0 radical (unpaired) electrons. The van der Waals surface area contributed by atoms with E-state index in [2.05, 4.69) is 10.6 Å². The van der Waals surface area contributed by atoms with Gasteiger partial charge in [-0.1, -0.05) is 30.3 Å². The average molecular weight is 402 g/mol. The monoisotopic (exact) mass is 401 g/mol. The molecule has 2 amide bonds. The van der Waals surface area contributed by atoms with Gasteiger partial charge in [0.25, 0.3) is 5.91 Å². The molecule has 5 nitrogen and oxygen atoms in total. The molecule has 0 aliphatic carbocycles. The molecule has 2 unspecified atom stereocenters. The zero-order valence-electron chi connectivity index (χ0n) is 15.1. The van der Waals surface area contributed by atoms with Crippen molar-refractivity contribution in [2.75, 3.05) is 26.2 Å². The van der Waals surface area contributed by atoms with Crippen molar-refractivity contribution in [1.29, 1.82) is 0 Å². The fraction of sp³-hybridized carbons (Fsp3) is 0.579. The minimum absolute atomic E-state index is 0. The van der Waals surface area contributed by atoms with E-state index >= 15 is 0 Å². The Hall–Kier alpha value is -1.73. The maximum Gasteiger partial charge on any atom is 0.349 e. The number of piperidine rings is 1. The second-order valence-corrected chi connectivity index (χ2v) is 7.09. The molecule has 2 fully saturated rings. The average Bonchev–Trinajstić information content (AvgIpc) is 3.21. The predicted octanol–water partition coefficient (Wildman–Crippen LogP) is 2.31. The van der Waals surface area contributed by atoms with Gasteiger partial charge in [-0.25, -0.2) is 0 Å². The lowest BCUT2D eigenvalue weighted by atomic mass is 9.96. The van der Waals surface area contributed by atoms with Gasteiger partial charge in [0.05, 0.1) is 6.04 Å². The van der Waals surface area contributed by atoms with Gasteiger partial charge in [-0.3, -0.25) is 9.59 Å². The molecule has 2 aliphatic heterocycles. The van der Waals surface area contributed by atoms with Gasteiger partial charge < -0.3 is 15.5 Å². The summed E-state index contributed by atoms with van der Waals surface area (Å²) in [7, 11) is 0. The van der Waals surface area contributed by atoms with E-state index in [1.807, 2.05) is 0 Å². The van der Waals surface area contributed by atoms with Gasteiger partial charge >= 0.3 is 5.92 Å². The molecule has 0 saturated carbocycles. The molecule has 3 rings (SSSR count). The second-order valence-electron chi connectivity index (χ2n) is 7.09. The maximum absolute atomic E-state index is 14.5. The van der Waals surface area contributed by atoms with E-state index in [9.17, 15) is 18.4 Å². The van der Waals surface area contributed by atoms with E-state index < -0.39 is 11.8 Å². The van der Waals surface area contributed by atoms with Crippen molar-refractivity contribution in [1.82, 2.24) is 15.5 Å². The molecule has 8 heteroatoms. The van der Waals surface area contributed by atoms with Crippen LogP contribution in [-0.4, -0.2) is 48.9 Å². The molecule has 1 aromatic carbocycles. The first-order valence-electron chi connectivity index (χ1n) is 9.22. The summed E-state index contributed by atoms with van der Waals surface area (Å²) in [4.78, 5) is 25.7. The Morgan fingerprint density at radius 3 is 2.59 bits per heavy atom. The first-order chi connectivity index (χ1) is 12.5. The number of rotatable bonds is 5. The van der Waals surface area contributed by atoms with Crippen molar-refractivity contribution in [3.05, 3.63) is 35.9 Å². The number of halogens is 3. The molecule has 150 valence electrons. The van der Waals surface area contributed by atoms with Crippen LogP contribution in [-0.2, 0) is 15.5 Å². The highest BCUT2D eigenvalue weighted by Gasteiger charge is 2.44. The molecule has 2 aliphatic rings. The summed E-state index contributed by atoms with van der Waals surface area (Å²) >= 11 is 0. The molecule has 2 atom stereocenters. The van der Waals surface area contributed by atoms with Crippen LogP contribution in [0.15, 0.2) is 30.3 Å². The van der Waals surface area contributed by atoms with Gasteiger partial charge in [0.2, 0.25) is 5.91 Å². The van der Waals surface area contributed by atoms with Crippen LogP contribution in [0, 0.1) is 5.92 Å². The topological polar surface area (TPSA) is 61.4 Å². The number of likely N-dealkylation sites (tertiary alicyclic amines) is 1. The highest BCUT2D eigenvalue weighted by atomic mass is 35.5. The summed E-state index contributed by atoms with van der Waals surface area (Å²) in [6, 6.07) is 7.04. The Kier molecular flexibility index (Phi) is 7.56. The van der Waals surface area contributed by atoms with E-state index in [0.717, 1.165) is 25.8 Å². The zero-order valence-corrected chi connectivity index (χ0v) is 15.9. The molecule has 2 saturated heterocycles. The molecule has 2 heterocycles. The van der Waals surface area contributed by atoms with E-state index in [1.54, 1.807) is 6.07 Å². The quantitative estimate of drug-likeness (QED) is 0.796. The molecule has 2 N–H and O–H groups in total. The number of hydrogen-bond acceptors (Lipinski definition) is 3. The summed E-state index contributed by atoms with van der Waals surface area (Å²) in [5.74, 6) is -4.72. The van der Waals surface area contributed by atoms with E-state index in [4.69, 9.17) is 0 Å². The van der Waals surface area contributed by atoms with Crippen LogP contribution in [0.3, 0.4) is 0 Å². The molecular formula is C19H26ClF2N3O2. The molecule has 0 spiro atoms. The highest BCUT2D eigenvalue weighted by Crippen LogP contribution is 2.31. The third-order valence-corrected chi connectivity index (χ3v) is 5.15. The molecule has 1 aromatic rings. The van der Waals surface area contributed by atoms with E-state index in [1.165, 1.54) is 29.2 Å². The first kappa shape index (κ1) is 21.6. The molecule has 0 bridgehead atoms. The Bertz CT molecular complexity index is 639. The lowest BCUT2D eigenvalue weighted by Gasteiger charge is -2.35. The highest BCUT2D eigenvalue weighted by molar-refractivity contribution is 5.85. The number of benzene rings is 1. The van der Waals surface area contributed by atoms with Gasteiger partial charge in [0.1, 0.15) is 0 Å².